The summed E-state index contributed by atoms with van der Waals surface area (Å²) in [6, 6.07) is 9.13. The lowest BCUT2D eigenvalue weighted by Gasteiger charge is -2.03. The Labute approximate surface area is 93.2 Å². The molecule has 1 heterocycles. The molecule has 2 rings (SSSR count). The van der Waals surface area contributed by atoms with Crippen molar-refractivity contribution in [1.29, 1.82) is 0 Å². The quantitative estimate of drug-likeness (QED) is 0.797. The number of nitrogens with zero attached hydrogens (tertiary/aromatic N) is 1. The monoisotopic (exact) mass is 219 g/mol. The number of rotatable bonds is 1. The molecule has 15 heavy (non-hydrogen) atoms. The van der Waals surface area contributed by atoms with Gasteiger partial charge in [-0.25, -0.2) is 0 Å². The van der Waals surface area contributed by atoms with Crippen LogP contribution in [0.1, 0.15) is 5.56 Å². The predicted octanol–water partition coefficient (Wildman–Crippen LogP) is 3.42. The normalized spacial score (nSPS) is 10.3. The Morgan fingerprint density at radius 1 is 1.20 bits per heavy atom. The molecule has 0 radical (unpaired) electrons. The van der Waals surface area contributed by atoms with Crippen LogP contribution in [-0.4, -0.2) is 10.1 Å². The van der Waals surface area contributed by atoms with Crippen molar-refractivity contribution in [2.24, 2.45) is 0 Å². The van der Waals surface area contributed by atoms with E-state index in [2.05, 4.69) is 4.98 Å². The predicted molar refractivity (Wildman–Crippen MR) is 61.1 cm³/mol. The molecule has 0 unspecified atom stereocenters. The summed E-state index contributed by atoms with van der Waals surface area (Å²) in [7, 11) is 0. The maximum Gasteiger partial charge on any atom is 0.133 e. The molecule has 0 atom stereocenters. The van der Waals surface area contributed by atoms with Crippen LogP contribution in [0.25, 0.3) is 11.3 Å². The lowest BCUT2D eigenvalue weighted by atomic mass is 10.1. The SMILES string of the molecule is Cc1cc(Cl)cc(-c2ccc(O)cn2)c1. The molecular formula is C12H10ClNO. The summed E-state index contributed by atoms with van der Waals surface area (Å²) in [5.74, 6) is 0.164. The van der Waals surface area contributed by atoms with Gasteiger partial charge in [-0.15, -0.1) is 0 Å². The van der Waals surface area contributed by atoms with Crippen molar-refractivity contribution < 1.29 is 5.11 Å². The van der Waals surface area contributed by atoms with Crippen molar-refractivity contribution in [1.82, 2.24) is 4.98 Å². The summed E-state index contributed by atoms with van der Waals surface area (Å²) in [5, 5.41) is 9.82. The summed E-state index contributed by atoms with van der Waals surface area (Å²) >= 11 is 5.95. The van der Waals surface area contributed by atoms with E-state index >= 15 is 0 Å². The zero-order chi connectivity index (χ0) is 10.8. The Kier molecular flexibility index (Phi) is 2.60. The molecule has 1 aromatic carbocycles. The summed E-state index contributed by atoms with van der Waals surface area (Å²) < 4.78 is 0. The molecule has 2 aromatic rings. The lowest BCUT2D eigenvalue weighted by Crippen LogP contribution is -1.83. The lowest BCUT2D eigenvalue weighted by molar-refractivity contribution is 0.473. The topological polar surface area (TPSA) is 33.1 Å². The van der Waals surface area contributed by atoms with Crippen LogP contribution in [0, 0.1) is 6.92 Å². The van der Waals surface area contributed by atoms with Crippen molar-refractivity contribution in [3.8, 4) is 17.0 Å². The van der Waals surface area contributed by atoms with E-state index in [1.807, 2.05) is 25.1 Å². The first-order chi connectivity index (χ1) is 7.15. The highest BCUT2D eigenvalue weighted by Crippen LogP contribution is 2.23. The van der Waals surface area contributed by atoms with E-state index in [4.69, 9.17) is 16.7 Å². The highest BCUT2D eigenvalue weighted by molar-refractivity contribution is 6.30. The second-order valence-corrected chi connectivity index (χ2v) is 3.86. The first kappa shape index (κ1) is 9.99. The smallest absolute Gasteiger partial charge is 0.133 e. The van der Waals surface area contributed by atoms with Crippen LogP contribution in [0.3, 0.4) is 0 Å². The molecule has 0 fully saturated rings. The number of aryl methyl sites for hydroxylation is 1. The molecule has 0 saturated heterocycles. The van der Waals surface area contributed by atoms with Crippen LogP contribution < -0.4 is 0 Å². The number of benzene rings is 1. The third-order valence-corrected chi connectivity index (χ3v) is 2.30. The Hall–Kier alpha value is -1.54. The first-order valence-electron chi connectivity index (χ1n) is 4.58. The van der Waals surface area contributed by atoms with E-state index in [-0.39, 0.29) is 5.75 Å². The standard InChI is InChI=1S/C12H10ClNO/c1-8-4-9(6-10(13)5-8)12-3-2-11(15)7-14-12/h2-7,15H,1H3. The number of aromatic hydroxyl groups is 1. The molecule has 1 N–H and O–H groups in total. The molecule has 2 nitrogen and oxygen atoms in total. The van der Waals surface area contributed by atoms with Gasteiger partial charge >= 0.3 is 0 Å². The van der Waals surface area contributed by atoms with Crippen LogP contribution in [0.4, 0.5) is 0 Å². The summed E-state index contributed by atoms with van der Waals surface area (Å²) in [4.78, 5) is 4.12. The molecule has 0 aliphatic rings. The molecule has 3 heteroatoms. The van der Waals surface area contributed by atoms with Crippen molar-refractivity contribution in [3.63, 3.8) is 0 Å². The highest BCUT2D eigenvalue weighted by atomic mass is 35.5. The highest BCUT2D eigenvalue weighted by Gasteiger charge is 2.01. The van der Waals surface area contributed by atoms with Gasteiger partial charge in [-0.05, 0) is 42.8 Å². The molecule has 0 bridgehead atoms. The van der Waals surface area contributed by atoms with Gasteiger partial charge in [0, 0.05) is 10.6 Å². The summed E-state index contributed by atoms with van der Waals surface area (Å²) in [6.07, 6.45) is 1.42. The average molecular weight is 220 g/mol. The number of hydrogen-bond donors (Lipinski definition) is 1. The van der Waals surface area contributed by atoms with Crippen LogP contribution >= 0.6 is 11.6 Å². The van der Waals surface area contributed by atoms with E-state index in [0.29, 0.717) is 5.02 Å². The van der Waals surface area contributed by atoms with Crippen LogP contribution in [-0.2, 0) is 0 Å². The minimum absolute atomic E-state index is 0.164. The van der Waals surface area contributed by atoms with Crippen molar-refractivity contribution >= 4 is 11.6 Å². The third-order valence-electron chi connectivity index (χ3n) is 2.09. The second kappa shape index (κ2) is 3.91. The molecule has 0 saturated carbocycles. The Bertz CT molecular complexity index is 459. The van der Waals surface area contributed by atoms with Gasteiger partial charge in [-0.1, -0.05) is 11.6 Å². The Morgan fingerprint density at radius 2 is 2.00 bits per heavy atom. The largest absolute Gasteiger partial charge is 0.506 e. The van der Waals surface area contributed by atoms with Crippen LogP contribution in [0.5, 0.6) is 5.75 Å². The van der Waals surface area contributed by atoms with E-state index in [9.17, 15) is 0 Å². The summed E-state index contributed by atoms with van der Waals surface area (Å²) in [5.41, 5.74) is 2.85. The van der Waals surface area contributed by atoms with E-state index in [1.165, 1.54) is 6.20 Å². The van der Waals surface area contributed by atoms with Gasteiger partial charge in [-0.2, -0.15) is 0 Å². The van der Waals surface area contributed by atoms with Crippen molar-refractivity contribution in [3.05, 3.63) is 47.1 Å². The molecular weight excluding hydrogens is 210 g/mol. The number of aromatic nitrogens is 1. The number of hydrogen-bond acceptors (Lipinski definition) is 2. The minimum atomic E-state index is 0.164. The third kappa shape index (κ3) is 2.28. The van der Waals surface area contributed by atoms with Gasteiger partial charge < -0.3 is 5.11 Å². The fourth-order valence-electron chi connectivity index (χ4n) is 1.44. The van der Waals surface area contributed by atoms with E-state index in [0.717, 1.165) is 16.8 Å². The fourth-order valence-corrected chi connectivity index (χ4v) is 1.73. The Morgan fingerprint density at radius 3 is 2.60 bits per heavy atom. The maximum atomic E-state index is 9.12. The van der Waals surface area contributed by atoms with Gasteiger partial charge in [0.25, 0.3) is 0 Å². The molecule has 0 aliphatic carbocycles. The first-order valence-corrected chi connectivity index (χ1v) is 4.95. The minimum Gasteiger partial charge on any atom is -0.506 e. The van der Waals surface area contributed by atoms with Crippen LogP contribution in [0.2, 0.25) is 5.02 Å². The second-order valence-electron chi connectivity index (χ2n) is 3.42. The zero-order valence-electron chi connectivity index (χ0n) is 8.24. The zero-order valence-corrected chi connectivity index (χ0v) is 8.99. The number of halogens is 1. The maximum absolute atomic E-state index is 9.12. The summed E-state index contributed by atoms with van der Waals surface area (Å²) in [6.45, 7) is 1.98. The molecule has 0 spiro atoms. The van der Waals surface area contributed by atoms with Crippen molar-refractivity contribution in [2.45, 2.75) is 6.92 Å². The fraction of sp³-hybridized carbons (Fsp3) is 0.0833. The van der Waals surface area contributed by atoms with Gasteiger partial charge in [0.1, 0.15) is 5.75 Å². The van der Waals surface area contributed by atoms with Crippen LogP contribution in [0.15, 0.2) is 36.5 Å². The molecule has 0 aliphatic heterocycles. The van der Waals surface area contributed by atoms with Crippen molar-refractivity contribution in [2.75, 3.05) is 0 Å². The van der Waals surface area contributed by atoms with Gasteiger partial charge in [0.15, 0.2) is 0 Å². The van der Waals surface area contributed by atoms with Gasteiger partial charge in [0.2, 0.25) is 0 Å². The van der Waals surface area contributed by atoms with E-state index in [1.54, 1.807) is 12.1 Å². The van der Waals surface area contributed by atoms with Gasteiger partial charge in [-0.3, -0.25) is 4.98 Å². The van der Waals surface area contributed by atoms with Gasteiger partial charge in [0.05, 0.1) is 11.9 Å². The number of pyridine rings is 1. The molecule has 0 amide bonds. The molecule has 1 aromatic heterocycles. The molecule has 76 valence electrons. The average Bonchev–Trinajstić information content (AvgIpc) is 2.17. The van der Waals surface area contributed by atoms with E-state index < -0.39 is 0 Å². The Balaban J connectivity index is 2.49.